The fourth-order valence-corrected chi connectivity index (χ4v) is 2.15. The van der Waals surface area contributed by atoms with Gasteiger partial charge in [0.2, 0.25) is 5.91 Å². The van der Waals surface area contributed by atoms with Crippen molar-refractivity contribution in [2.75, 3.05) is 0 Å². The predicted octanol–water partition coefficient (Wildman–Crippen LogP) is 4.29. The van der Waals surface area contributed by atoms with E-state index in [1.54, 1.807) is 6.92 Å². The van der Waals surface area contributed by atoms with Gasteiger partial charge in [-0.2, -0.15) is 0 Å². The third kappa shape index (κ3) is 3.30. The molecule has 0 fully saturated rings. The first-order valence-corrected chi connectivity index (χ1v) is 7.20. The fourth-order valence-electron chi connectivity index (χ4n) is 2.15. The fraction of sp³-hybridized carbons (Fsp3) is 0.500. The van der Waals surface area contributed by atoms with E-state index in [2.05, 4.69) is 58.9 Å². The normalized spacial score (nSPS) is 13.4. The summed E-state index contributed by atoms with van der Waals surface area (Å²) in [5.41, 5.74) is 8.48. The molecule has 0 aliphatic heterocycles. The van der Waals surface area contributed by atoms with Crippen LogP contribution in [0.2, 0.25) is 0 Å². The largest absolute Gasteiger partial charge is 0.366 e. The van der Waals surface area contributed by atoms with Crippen LogP contribution in [0.3, 0.4) is 0 Å². The van der Waals surface area contributed by atoms with E-state index in [1.807, 2.05) is 6.08 Å². The Hall–Kier alpha value is -1.57. The molecule has 0 saturated carbocycles. The molecule has 1 amide bonds. The van der Waals surface area contributed by atoms with Crippen LogP contribution in [0.1, 0.15) is 59.1 Å². The van der Waals surface area contributed by atoms with Crippen LogP contribution in [-0.4, -0.2) is 5.91 Å². The number of hydrogen-bond acceptors (Lipinski definition) is 1. The zero-order chi connectivity index (χ0) is 15.6. The standard InChI is InChI=1S/C18H27NO/c1-7-17(3,4)18(5,6)15-10-8-14(9-11-15)12-13(2)16(19)20/h8-12H,7H2,1-6H3,(H2,19,20). The topological polar surface area (TPSA) is 43.1 Å². The van der Waals surface area contributed by atoms with Gasteiger partial charge in [-0.3, -0.25) is 4.79 Å². The van der Waals surface area contributed by atoms with Crippen molar-refractivity contribution in [3.63, 3.8) is 0 Å². The summed E-state index contributed by atoms with van der Waals surface area (Å²) in [4.78, 5) is 11.1. The first-order valence-electron chi connectivity index (χ1n) is 7.20. The second-order valence-corrected chi connectivity index (χ2v) is 6.68. The lowest BCUT2D eigenvalue weighted by Gasteiger charge is -2.42. The Labute approximate surface area is 123 Å². The minimum absolute atomic E-state index is 0.0999. The van der Waals surface area contributed by atoms with Crippen LogP contribution in [0.15, 0.2) is 29.8 Å². The summed E-state index contributed by atoms with van der Waals surface area (Å²) in [6, 6.07) is 8.40. The maximum Gasteiger partial charge on any atom is 0.244 e. The summed E-state index contributed by atoms with van der Waals surface area (Å²) >= 11 is 0. The Morgan fingerprint density at radius 1 is 1.15 bits per heavy atom. The molecule has 20 heavy (non-hydrogen) atoms. The minimum Gasteiger partial charge on any atom is -0.366 e. The summed E-state index contributed by atoms with van der Waals surface area (Å²) in [5, 5.41) is 0. The van der Waals surface area contributed by atoms with E-state index in [4.69, 9.17) is 5.73 Å². The Bertz CT molecular complexity index is 507. The number of carbonyl (C=O) groups is 1. The molecule has 2 heteroatoms. The number of amides is 1. The number of rotatable bonds is 5. The van der Waals surface area contributed by atoms with Gasteiger partial charge in [0.15, 0.2) is 0 Å². The van der Waals surface area contributed by atoms with Crippen molar-refractivity contribution in [3.05, 3.63) is 41.0 Å². The lowest BCUT2D eigenvalue weighted by molar-refractivity contribution is -0.114. The Morgan fingerprint density at radius 2 is 1.65 bits per heavy atom. The molecule has 1 aromatic rings. The molecule has 0 atom stereocenters. The molecule has 0 bridgehead atoms. The molecule has 0 aliphatic rings. The highest BCUT2D eigenvalue weighted by molar-refractivity contribution is 5.95. The molecule has 1 aromatic carbocycles. The van der Waals surface area contributed by atoms with E-state index >= 15 is 0 Å². The van der Waals surface area contributed by atoms with E-state index in [0.717, 1.165) is 12.0 Å². The second kappa shape index (κ2) is 5.82. The van der Waals surface area contributed by atoms with Crippen LogP contribution in [0.4, 0.5) is 0 Å². The summed E-state index contributed by atoms with van der Waals surface area (Å²) in [7, 11) is 0. The van der Waals surface area contributed by atoms with Crippen molar-refractivity contribution in [2.45, 2.75) is 53.4 Å². The maximum atomic E-state index is 11.1. The lowest BCUT2D eigenvalue weighted by atomic mass is 9.63. The maximum absolute atomic E-state index is 11.1. The van der Waals surface area contributed by atoms with E-state index in [1.165, 1.54) is 5.56 Å². The van der Waals surface area contributed by atoms with Crippen LogP contribution in [-0.2, 0) is 10.2 Å². The van der Waals surface area contributed by atoms with Crippen molar-refractivity contribution in [1.29, 1.82) is 0 Å². The molecule has 110 valence electrons. The predicted molar refractivity (Wildman–Crippen MR) is 86.4 cm³/mol. The quantitative estimate of drug-likeness (QED) is 0.799. The van der Waals surface area contributed by atoms with Gasteiger partial charge >= 0.3 is 0 Å². The summed E-state index contributed by atoms with van der Waals surface area (Å²) in [6.45, 7) is 13.2. The van der Waals surface area contributed by atoms with E-state index in [-0.39, 0.29) is 16.7 Å². The first-order chi connectivity index (χ1) is 9.11. The highest BCUT2D eigenvalue weighted by Gasteiger charge is 2.36. The number of carbonyl (C=O) groups excluding carboxylic acids is 1. The Kier molecular flexibility index (Phi) is 4.80. The van der Waals surface area contributed by atoms with Crippen molar-refractivity contribution in [3.8, 4) is 0 Å². The van der Waals surface area contributed by atoms with Gasteiger partial charge < -0.3 is 5.73 Å². The van der Waals surface area contributed by atoms with Gasteiger partial charge in [-0.25, -0.2) is 0 Å². The van der Waals surface area contributed by atoms with Crippen molar-refractivity contribution < 1.29 is 4.79 Å². The number of hydrogen-bond donors (Lipinski definition) is 1. The molecule has 2 N–H and O–H groups in total. The SMILES string of the molecule is CCC(C)(C)C(C)(C)c1ccc(C=C(C)C(N)=O)cc1. The number of benzene rings is 1. The first kappa shape index (κ1) is 16.5. The zero-order valence-corrected chi connectivity index (χ0v) is 13.6. The van der Waals surface area contributed by atoms with E-state index in [0.29, 0.717) is 5.57 Å². The van der Waals surface area contributed by atoms with Crippen molar-refractivity contribution in [1.82, 2.24) is 0 Å². The van der Waals surface area contributed by atoms with Gasteiger partial charge in [0.05, 0.1) is 0 Å². The average Bonchev–Trinajstić information content (AvgIpc) is 2.38. The summed E-state index contributed by atoms with van der Waals surface area (Å²) in [5.74, 6) is -0.374. The van der Waals surface area contributed by atoms with Crippen LogP contribution in [0.5, 0.6) is 0 Å². The van der Waals surface area contributed by atoms with E-state index in [9.17, 15) is 4.79 Å². The lowest BCUT2D eigenvalue weighted by Crippen LogP contribution is -2.35. The molecule has 0 saturated heterocycles. The molecular formula is C18H27NO. The third-order valence-electron chi connectivity index (χ3n) is 4.98. The molecule has 0 aromatic heterocycles. The van der Waals surface area contributed by atoms with Crippen LogP contribution < -0.4 is 5.73 Å². The second-order valence-electron chi connectivity index (χ2n) is 6.68. The molecule has 0 unspecified atom stereocenters. The monoisotopic (exact) mass is 273 g/mol. The number of primary amides is 1. The molecule has 0 spiro atoms. The van der Waals surface area contributed by atoms with Gasteiger partial charge in [-0.1, -0.05) is 65.3 Å². The van der Waals surface area contributed by atoms with Crippen LogP contribution >= 0.6 is 0 Å². The molecule has 2 nitrogen and oxygen atoms in total. The molecular weight excluding hydrogens is 246 g/mol. The van der Waals surface area contributed by atoms with Gasteiger partial charge in [0.1, 0.15) is 0 Å². The van der Waals surface area contributed by atoms with Crippen molar-refractivity contribution >= 4 is 12.0 Å². The molecule has 1 rings (SSSR count). The molecule has 0 heterocycles. The van der Waals surface area contributed by atoms with Crippen LogP contribution in [0, 0.1) is 5.41 Å². The molecule has 0 aliphatic carbocycles. The minimum atomic E-state index is -0.374. The van der Waals surface area contributed by atoms with Crippen LogP contribution in [0.25, 0.3) is 6.08 Å². The highest BCUT2D eigenvalue weighted by Crippen LogP contribution is 2.43. The zero-order valence-electron chi connectivity index (χ0n) is 13.6. The van der Waals surface area contributed by atoms with Gasteiger partial charge in [-0.05, 0) is 35.0 Å². The van der Waals surface area contributed by atoms with Gasteiger partial charge in [-0.15, -0.1) is 0 Å². The smallest absolute Gasteiger partial charge is 0.244 e. The summed E-state index contributed by atoms with van der Waals surface area (Å²) in [6.07, 6.45) is 2.95. The van der Waals surface area contributed by atoms with Gasteiger partial charge in [0, 0.05) is 5.57 Å². The Morgan fingerprint density at radius 3 is 2.05 bits per heavy atom. The molecule has 0 radical (unpaired) electrons. The van der Waals surface area contributed by atoms with Gasteiger partial charge in [0.25, 0.3) is 0 Å². The Balaban J connectivity index is 3.09. The van der Waals surface area contributed by atoms with E-state index < -0.39 is 0 Å². The number of nitrogens with two attached hydrogens (primary N) is 1. The average molecular weight is 273 g/mol. The van der Waals surface area contributed by atoms with Crippen molar-refractivity contribution in [2.24, 2.45) is 11.1 Å². The summed E-state index contributed by atoms with van der Waals surface area (Å²) < 4.78 is 0. The third-order valence-corrected chi connectivity index (χ3v) is 4.98. The highest BCUT2D eigenvalue weighted by atomic mass is 16.1.